The molecule has 0 radical (unpaired) electrons. The highest BCUT2D eigenvalue weighted by Crippen LogP contribution is 2.25. The van der Waals surface area contributed by atoms with Crippen LogP contribution in [0.25, 0.3) is 11.2 Å². The van der Waals surface area contributed by atoms with Crippen LogP contribution in [0.15, 0.2) is 16.7 Å². The molecule has 0 aromatic carbocycles. The van der Waals surface area contributed by atoms with Crippen LogP contribution in [0.1, 0.15) is 31.5 Å². The molecule has 1 atom stereocenters. The van der Waals surface area contributed by atoms with Crippen molar-refractivity contribution in [3.63, 3.8) is 0 Å². The molecule has 0 aliphatic carbocycles. The number of alkyl halides is 1. The Morgan fingerprint density at radius 1 is 1.53 bits per heavy atom. The van der Waals surface area contributed by atoms with Crippen LogP contribution in [0.5, 0.6) is 0 Å². The monoisotopic (exact) mass is 345 g/mol. The molecule has 0 saturated heterocycles. The predicted octanol–water partition coefficient (Wildman–Crippen LogP) is 3.92. The Morgan fingerprint density at radius 2 is 2.32 bits per heavy atom. The topological polar surface area (TPSA) is 39.9 Å². The normalized spacial score (nSPS) is 13.1. The van der Waals surface area contributed by atoms with E-state index in [0.717, 1.165) is 47.6 Å². The lowest BCUT2D eigenvalue weighted by molar-refractivity contribution is 0.141. The van der Waals surface area contributed by atoms with Crippen molar-refractivity contribution in [1.82, 2.24) is 14.5 Å². The van der Waals surface area contributed by atoms with Crippen molar-refractivity contribution < 1.29 is 4.74 Å². The van der Waals surface area contributed by atoms with Crippen LogP contribution in [-0.2, 0) is 11.3 Å². The Bertz CT molecular complexity index is 556. The standard InChI is InChI=1S/C13H17BrClN3O/c1-3-19-6-4-5-18-12(9(2)15)17-11-7-10(14)8-16-13(11)18/h7-9H,3-6H2,1-2H3. The van der Waals surface area contributed by atoms with Gasteiger partial charge >= 0.3 is 0 Å². The van der Waals surface area contributed by atoms with Gasteiger partial charge in [-0.05, 0) is 42.3 Å². The molecule has 0 aliphatic heterocycles. The molecule has 2 aromatic rings. The van der Waals surface area contributed by atoms with Crippen molar-refractivity contribution in [2.24, 2.45) is 0 Å². The maximum Gasteiger partial charge on any atom is 0.160 e. The Labute approximate surface area is 126 Å². The van der Waals surface area contributed by atoms with E-state index in [2.05, 4.69) is 30.5 Å². The maximum absolute atomic E-state index is 6.21. The second kappa shape index (κ2) is 6.68. The van der Waals surface area contributed by atoms with Crippen LogP contribution >= 0.6 is 27.5 Å². The smallest absolute Gasteiger partial charge is 0.160 e. The van der Waals surface area contributed by atoms with E-state index in [9.17, 15) is 0 Å². The maximum atomic E-state index is 6.21. The highest BCUT2D eigenvalue weighted by atomic mass is 79.9. The number of hydrogen-bond donors (Lipinski definition) is 0. The fraction of sp³-hybridized carbons (Fsp3) is 0.538. The third kappa shape index (κ3) is 3.46. The van der Waals surface area contributed by atoms with Crippen molar-refractivity contribution in [2.75, 3.05) is 13.2 Å². The van der Waals surface area contributed by atoms with Gasteiger partial charge < -0.3 is 9.30 Å². The van der Waals surface area contributed by atoms with Crippen LogP contribution in [-0.4, -0.2) is 27.7 Å². The molecule has 0 spiro atoms. The summed E-state index contributed by atoms with van der Waals surface area (Å²) >= 11 is 9.62. The van der Waals surface area contributed by atoms with E-state index in [1.807, 2.05) is 19.9 Å². The number of rotatable bonds is 6. The fourth-order valence-electron chi connectivity index (χ4n) is 2.00. The lowest BCUT2D eigenvalue weighted by Gasteiger charge is -2.09. The summed E-state index contributed by atoms with van der Waals surface area (Å²) in [5.41, 5.74) is 1.75. The van der Waals surface area contributed by atoms with Gasteiger partial charge in [0.1, 0.15) is 11.3 Å². The molecule has 2 rings (SSSR count). The number of nitrogens with zero attached hydrogens (tertiary/aromatic N) is 3. The van der Waals surface area contributed by atoms with Crippen LogP contribution in [0.3, 0.4) is 0 Å². The molecule has 0 N–H and O–H groups in total. The number of ether oxygens (including phenoxy) is 1. The predicted molar refractivity (Wildman–Crippen MR) is 80.6 cm³/mol. The van der Waals surface area contributed by atoms with Crippen molar-refractivity contribution in [3.8, 4) is 0 Å². The summed E-state index contributed by atoms with van der Waals surface area (Å²) in [6.07, 6.45) is 2.71. The van der Waals surface area contributed by atoms with Crippen molar-refractivity contribution >= 4 is 38.7 Å². The molecular formula is C13H17BrClN3O. The van der Waals surface area contributed by atoms with Gasteiger partial charge in [0.2, 0.25) is 0 Å². The Balaban J connectivity index is 2.30. The van der Waals surface area contributed by atoms with Crippen LogP contribution in [0.4, 0.5) is 0 Å². The first-order valence-electron chi connectivity index (χ1n) is 6.37. The highest BCUT2D eigenvalue weighted by molar-refractivity contribution is 9.10. The summed E-state index contributed by atoms with van der Waals surface area (Å²) < 4.78 is 8.37. The van der Waals surface area contributed by atoms with Crippen molar-refractivity contribution in [2.45, 2.75) is 32.2 Å². The van der Waals surface area contributed by atoms with E-state index in [-0.39, 0.29) is 5.38 Å². The van der Waals surface area contributed by atoms with E-state index < -0.39 is 0 Å². The first-order chi connectivity index (χ1) is 9.13. The van der Waals surface area contributed by atoms with E-state index in [0.29, 0.717) is 0 Å². The molecular weight excluding hydrogens is 330 g/mol. The number of aryl methyl sites for hydroxylation is 1. The summed E-state index contributed by atoms with van der Waals surface area (Å²) in [5, 5.41) is -0.139. The quantitative estimate of drug-likeness (QED) is 0.588. The minimum atomic E-state index is -0.139. The third-order valence-electron chi connectivity index (χ3n) is 2.81. The van der Waals surface area contributed by atoms with E-state index >= 15 is 0 Å². The zero-order chi connectivity index (χ0) is 13.8. The number of fused-ring (bicyclic) bond motifs is 1. The molecule has 2 heterocycles. The van der Waals surface area contributed by atoms with Gasteiger partial charge in [-0.3, -0.25) is 0 Å². The van der Waals surface area contributed by atoms with Gasteiger partial charge in [0.05, 0.1) is 5.38 Å². The van der Waals surface area contributed by atoms with Gasteiger partial charge in [0, 0.05) is 30.4 Å². The van der Waals surface area contributed by atoms with Gasteiger partial charge in [-0.1, -0.05) is 0 Å². The van der Waals surface area contributed by atoms with Crippen LogP contribution in [0, 0.1) is 0 Å². The van der Waals surface area contributed by atoms with Gasteiger partial charge in [0.15, 0.2) is 5.65 Å². The number of aromatic nitrogens is 3. The summed E-state index contributed by atoms with van der Waals surface area (Å²) in [6, 6.07) is 1.96. The first-order valence-corrected chi connectivity index (χ1v) is 7.60. The minimum absolute atomic E-state index is 0.139. The second-order valence-electron chi connectivity index (χ2n) is 4.28. The van der Waals surface area contributed by atoms with Gasteiger partial charge in [-0.15, -0.1) is 11.6 Å². The lowest BCUT2D eigenvalue weighted by Crippen LogP contribution is -2.07. The lowest BCUT2D eigenvalue weighted by atomic mass is 10.4. The molecule has 4 nitrogen and oxygen atoms in total. The molecule has 6 heteroatoms. The molecule has 19 heavy (non-hydrogen) atoms. The van der Waals surface area contributed by atoms with Crippen LogP contribution < -0.4 is 0 Å². The highest BCUT2D eigenvalue weighted by Gasteiger charge is 2.15. The van der Waals surface area contributed by atoms with E-state index in [1.54, 1.807) is 6.20 Å². The van der Waals surface area contributed by atoms with E-state index in [4.69, 9.17) is 16.3 Å². The van der Waals surface area contributed by atoms with Gasteiger partial charge in [-0.25, -0.2) is 9.97 Å². The third-order valence-corrected chi connectivity index (χ3v) is 3.44. The Kier molecular flexibility index (Phi) is 5.19. The number of halogens is 2. The van der Waals surface area contributed by atoms with Gasteiger partial charge in [-0.2, -0.15) is 0 Å². The van der Waals surface area contributed by atoms with Gasteiger partial charge in [0.25, 0.3) is 0 Å². The first kappa shape index (κ1) is 14.8. The summed E-state index contributed by atoms with van der Waals surface area (Å²) in [5.74, 6) is 0.860. The number of hydrogen-bond acceptors (Lipinski definition) is 3. The molecule has 0 saturated carbocycles. The Hall–Kier alpha value is -0.650. The van der Waals surface area contributed by atoms with E-state index in [1.165, 1.54) is 0 Å². The minimum Gasteiger partial charge on any atom is -0.382 e. The summed E-state index contributed by atoms with van der Waals surface area (Å²) in [7, 11) is 0. The molecule has 0 aliphatic rings. The van der Waals surface area contributed by atoms with Crippen molar-refractivity contribution in [3.05, 3.63) is 22.6 Å². The average Bonchev–Trinajstić information content (AvgIpc) is 2.72. The largest absolute Gasteiger partial charge is 0.382 e. The zero-order valence-corrected chi connectivity index (χ0v) is 13.4. The Morgan fingerprint density at radius 3 is 3.00 bits per heavy atom. The SMILES string of the molecule is CCOCCCn1c(C(C)Cl)nc2cc(Br)cnc21. The molecule has 1 unspecified atom stereocenters. The number of pyridine rings is 1. The molecule has 0 bridgehead atoms. The summed E-state index contributed by atoms with van der Waals surface area (Å²) in [6.45, 7) is 6.23. The molecule has 104 valence electrons. The zero-order valence-electron chi connectivity index (χ0n) is 11.1. The van der Waals surface area contributed by atoms with Crippen LogP contribution in [0.2, 0.25) is 0 Å². The summed E-state index contributed by atoms with van der Waals surface area (Å²) in [4.78, 5) is 9.01. The van der Waals surface area contributed by atoms with Crippen molar-refractivity contribution in [1.29, 1.82) is 0 Å². The molecule has 0 fully saturated rings. The molecule has 2 aromatic heterocycles. The average molecular weight is 347 g/mol. The second-order valence-corrected chi connectivity index (χ2v) is 5.85. The number of imidazole rings is 1. The fourth-order valence-corrected chi connectivity index (χ4v) is 2.48. The molecule has 0 amide bonds.